The Morgan fingerprint density at radius 2 is 2.05 bits per heavy atom. The molecule has 96 valence electrons. The van der Waals surface area contributed by atoms with Gasteiger partial charge in [-0.15, -0.1) is 0 Å². The van der Waals surface area contributed by atoms with E-state index in [4.69, 9.17) is 10.6 Å². The van der Waals surface area contributed by atoms with Crippen LogP contribution in [0.15, 0.2) is 53.9 Å². The van der Waals surface area contributed by atoms with E-state index >= 15 is 0 Å². The van der Waals surface area contributed by atoms with Gasteiger partial charge in [-0.2, -0.15) is 0 Å². The number of benzene rings is 1. The topological polar surface area (TPSA) is 77.6 Å². The van der Waals surface area contributed by atoms with Crippen molar-refractivity contribution in [2.24, 2.45) is 10.9 Å². The summed E-state index contributed by atoms with van der Waals surface area (Å²) in [6.07, 6.45) is 3.16. The number of oxime groups is 1. The summed E-state index contributed by atoms with van der Waals surface area (Å²) in [4.78, 5) is 20.5. The maximum Gasteiger partial charge on any atom is 0.366 e. The summed E-state index contributed by atoms with van der Waals surface area (Å²) in [6, 6.07) is 10.6. The number of rotatable bonds is 3. The number of amidine groups is 1. The highest BCUT2D eigenvalue weighted by Gasteiger charge is 2.10. The van der Waals surface area contributed by atoms with Crippen LogP contribution in [-0.2, 0) is 4.84 Å². The largest absolute Gasteiger partial charge is 0.380 e. The van der Waals surface area contributed by atoms with E-state index in [9.17, 15) is 4.79 Å². The highest BCUT2D eigenvalue weighted by atomic mass is 16.7. The molecule has 0 bridgehead atoms. The van der Waals surface area contributed by atoms with Gasteiger partial charge >= 0.3 is 5.97 Å². The van der Waals surface area contributed by atoms with Gasteiger partial charge in [-0.25, -0.2) is 4.79 Å². The maximum atomic E-state index is 11.8. The van der Waals surface area contributed by atoms with Gasteiger partial charge in [-0.3, -0.25) is 4.98 Å². The van der Waals surface area contributed by atoms with Gasteiger partial charge in [0.05, 0.1) is 5.56 Å². The van der Waals surface area contributed by atoms with Crippen LogP contribution in [0.4, 0.5) is 0 Å². The van der Waals surface area contributed by atoms with Gasteiger partial charge in [0.25, 0.3) is 0 Å². The fourth-order valence-electron chi connectivity index (χ4n) is 1.51. The molecule has 0 amide bonds. The summed E-state index contributed by atoms with van der Waals surface area (Å²) < 4.78 is 0. The molecule has 0 aliphatic carbocycles. The second kappa shape index (κ2) is 5.77. The minimum Gasteiger partial charge on any atom is -0.380 e. The summed E-state index contributed by atoms with van der Waals surface area (Å²) in [5.74, 6) is -0.431. The highest BCUT2D eigenvalue weighted by Crippen LogP contribution is 2.08. The Labute approximate surface area is 110 Å². The normalized spacial score (nSPS) is 11.1. The Hall–Kier alpha value is -2.69. The number of nitrogens with two attached hydrogens (primary N) is 1. The summed E-state index contributed by atoms with van der Waals surface area (Å²) in [7, 11) is 0. The average Bonchev–Trinajstić information content (AvgIpc) is 2.46. The fourth-order valence-corrected chi connectivity index (χ4v) is 1.51. The quantitative estimate of drug-likeness (QED) is 0.393. The Kier molecular flexibility index (Phi) is 3.87. The molecule has 2 N–H and O–H groups in total. The second-order valence-corrected chi connectivity index (χ2v) is 3.91. The van der Waals surface area contributed by atoms with Gasteiger partial charge in [0.2, 0.25) is 0 Å². The van der Waals surface area contributed by atoms with Crippen LogP contribution in [0.25, 0.3) is 0 Å². The van der Waals surface area contributed by atoms with Crippen LogP contribution < -0.4 is 5.73 Å². The number of hydrogen-bond donors (Lipinski definition) is 1. The number of carbonyl (C=O) groups excluding carboxylic acids is 1. The molecule has 2 aromatic rings. The van der Waals surface area contributed by atoms with Gasteiger partial charge in [0, 0.05) is 18.0 Å². The molecule has 0 fully saturated rings. The van der Waals surface area contributed by atoms with E-state index in [1.165, 1.54) is 0 Å². The lowest BCUT2D eigenvalue weighted by molar-refractivity contribution is 0.0515. The van der Waals surface area contributed by atoms with Crippen LogP contribution in [0, 0.1) is 6.92 Å². The van der Waals surface area contributed by atoms with E-state index < -0.39 is 5.97 Å². The maximum absolute atomic E-state index is 11.8. The zero-order valence-corrected chi connectivity index (χ0v) is 10.4. The summed E-state index contributed by atoms with van der Waals surface area (Å²) in [5, 5.41) is 3.62. The molecule has 0 saturated heterocycles. The van der Waals surface area contributed by atoms with Crippen molar-refractivity contribution >= 4 is 11.8 Å². The minimum absolute atomic E-state index is 0.107. The molecule has 5 heteroatoms. The molecule has 0 unspecified atom stereocenters. The van der Waals surface area contributed by atoms with Crippen molar-refractivity contribution in [1.29, 1.82) is 0 Å². The lowest BCUT2D eigenvalue weighted by Crippen LogP contribution is -2.15. The number of aromatic nitrogens is 1. The Balaban J connectivity index is 2.11. The number of pyridine rings is 1. The van der Waals surface area contributed by atoms with Gasteiger partial charge in [-0.05, 0) is 30.7 Å². The first-order valence-corrected chi connectivity index (χ1v) is 5.69. The van der Waals surface area contributed by atoms with Crippen molar-refractivity contribution in [1.82, 2.24) is 4.98 Å². The van der Waals surface area contributed by atoms with Crippen molar-refractivity contribution in [2.45, 2.75) is 6.92 Å². The predicted octanol–water partition coefficient (Wildman–Crippen LogP) is 1.87. The first-order valence-electron chi connectivity index (χ1n) is 5.69. The van der Waals surface area contributed by atoms with Crippen molar-refractivity contribution in [3.05, 3.63) is 65.5 Å². The monoisotopic (exact) mass is 255 g/mol. The Bertz CT molecular complexity index is 609. The average molecular weight is 255 g/mol. The SMILES string of the molecule is Cc1ccccc1C(=O)O/N=C(/N)c1cccnc1. The smallest absolute Gasteiger partial charge is 0.366 e. The van der Waals surface area contributed by atoms with Crippen LogP contribution in [0.3, 0.4) is 0 Å². The van der Waals surface area contributed by atoms with Crippen molar-refractivity contribution in [3.8, 4) is 0 Å². The lowest BCUT2D eigenvalue weighted by atomic mass is 10.1. The summed E-state index contributed by atoms with van der Waals surface area (Å²) >= 11 is 0. The predicted molar refractivity (Wildman–Crippen MR) is 71.6 cm³/mol. The molecule has 2 rings (SSSR count). The van der Waals surface area contributed by atoms with E-state index in [1.807, 2.05) is 19.1 Å². The molecular formula is C14H13N3O2. The van der Waals surface area contributed by atoms with E-state index in [1.54, 1.807) is 36.7 Å². The number of nitrogens with zero attached hydrogens (tertiary/aromatic N) is 2. The molecule has 1 aromatic carbocycles. The lowest BCUT2D eigenvalue weighted by Gasteiger charge is -2.03. The van der Waals surface area contributed by atoms with Gasteiger partial charge in [0.1, 0.15) is 0 Å². The molecule has 19 heavy (non-hydrogen) atoms. The van der Waals surface area contributed by atoms with E-state index in [0.717, 1.165) is 5.56 Å². The highest BCUT2D eigenvalue weighted by molar-refractivity contribution is 5.98. The molecule has 0 radical (unpaired) electrons. The van der Waals surface area contributed by atoms with Crippen molar-refractivity contribution < 1.29 is 9.63 Å². The molecule has 0 spiro atoms. The molecule has 1 heterocycles. The Morgan fingerprint density at radius 1 is 1.26 bits per heavy atom. The first kappa shape index (κ1) is 12.8. The van der Waals surface area contributed by atoms with Crippen LogP contribution in [0.2, 0.25) is 0 Å². The van der Waals surface area contributed by atoms with Crippen LogP contribution >= 0.6 is 0 Å². The van der Waals surface area contributed by atoms with E-state index in [2.05, 4.69) is 10.1 Å². The number of aryl methyl sites for hydroxylation is 1. The zero-order chi connectivity index (χ0) is 13.7. The molecule has 0 saturated carbocycles. The summed E-state index contributed by atoms with van der Waals surface area (Å²) in [6.45, 7) is 1.82. The summed E-state index contributed by atoms with van der Waals surface area (Å²) in [5.41, 5.74) is 7.57. The van der Waals surface area contributed by atoms with Gasteiger partial charge in [-0.1, -0.05) is 23.4 Å². The minimum atomic E-state index is -0.537. The molecule has 5 nitrogen and oxygen atoms in total. The van der Waals surface area contributed by atoms with Crippen LogP contribution in [0.1, 0.15) is 21.5 Å². The van der Waals surface area contributed by atoms with Crippen molar-refractivity contribution in [3.63, 3.8) is 0 Å². The third kappa shape index (κ3) is 3.16. The van der Waals surface area contributed by atoms with Crippen molar-refractivity contribution in [2.75, 3.05) is 0 Å². The fraction of sp³-hybridized carbons (Fsp3) is 0.0714. The van der Waals surface area contributed by atoms with Crippen LogP contribution in [-0.4, -0.2) is 16.8 Å². The number of hydrogen-bond acceptors (Lipinski definition) is 4. The van der Waals surface area contributed by atoms with Crippen LogP contribution in [0.5, 0.6) is 0 Å². The molecule has 0 atom stereocenters. The van der Waals surface area contributed by atoms with E-state index in [0.29, 0.717) is 11.1 Å². The standard InChI is InChI=1S/C14H13N3O2/c1-10-5-2-3-7-12(10)14(18)19-17-13(15)11-6-4-8-16-9-11/h2-9H,1H3,(H2,15,17). The van der Waals surface area contributed by atoms with Gasteiger partial charge in [0.15, 0.2) is 5.84 Å². The Morgan fingerprint density at radius 3 is 2.74 bits per heavy atom. The van der Waals surface area contributed by atoms with E-state index in [-0.39, 0.29) is 5.84 Å². The molecule has 0 aliphatic rings. The molecule has 1 aromatic heterocycles. The zero-order valence-electron chi connectivity index (χ0n) is 10.4. The van der Waals surface area contributed by atoms with Gasteiger partial charge < -0.3 is 10.6 Å². The number of carbonyl (C=O) groups is 1. The molecular weight excluding hydrogens is 242 g/mol. The second-order valence-electron chi connectivity index (χ2n) is 3.91. The molecule has 0 aliphatic heterocycles. The third-order valence-electron chi connectivity index (χ3n) is 2.55. The first-order chi connectivity index (χ1) is 9.18. The third-order valence-corrected chi connectivity index (χ3v) is 2.55.